The zero-order valence-electron chi connectivity index (χ0n) is 13.5. The maximum atomic E-state index is 11.7. The second-order valence-electron chi connectivity index (χ2n) is 5.81. The fourth-order valence-corrected chi connectivity index (χ4v) is 1.55. The lowest BCUT2D eigenvalue weighted by molar-refractivity contribution is -0.144. The number of esters is 1. The summed E-state index contributed by atoms with van der Waals surface area (Å²) in [6.45, 7) is 6.96. The molecule has 1 aromatic rings. The van der Waals surface area contributed by atoms with Crippen molar-refractivity contribution in [1.29, 1.82) is 0 Å². The molecule has 0 saturated carbocycles. The third kappa shape index (κ3) is 7.47. The van der Waals surface area contributed by atoms with Gasteiger partial charge in [0.15, 0.2) is 0 Å². The van der Waals surface area contributed by atoms with Crippen LogP contribution in [-0.4, -0.2) is 30.3 Å². The standard InChI is InChI=1S/C17H23NO4/c1-13(18-16(20)22-17(2,3)4)15(19)21-12-8-11-14-9-6-5-7-10-14/h5-11,13H,12H2,1-4H3,(H,18,20)/b11-8+. The normalized spacial score (nSPS) is 12.7. The Morgan fingerprint density at radius 2 is 1.86 bits per heavy atom. The third-order valence-electron chi connectivity index (χ3n) is 2.52. The van der Waals surface area contributed by atoms with Crippen molar-refractivity contribution >= 4 is 18.1 Å². The van der Waals surface area contributed by atoms with Gasteiger partial charge in [0.05, 0.1) is 0 Å². The molecule has 1 atom stereocenters. The van der Waals surface area contributed by atoms with Gasteiger partial charge in [0.25, 0.3) is 0 Å². The molecule has 0 aliphatic rings. The molecule has 0 fully saturated rings. The van der Waals surface area contributed by atoms with E-state index in [1.807, 2.05) is 36.4 Å². The van der Waals surface area contributed by atoms with E-state index < -0.39 is 23.7 Å². The van der Waals surface area contributed by atoms with Crippen molar-refractivity contribution in [3.63, 3.8) is 0 Å². The van der Waals surface area contributed by atoms with Crippen molar-refractivity contribution in [2.75, 3.05) is 6.61 Å². The lowest BCUT2D eigenvalue weighted by atomic mass is 10.2. The highest BCUT2D eigenvalue weighted by molar-refractivity contribution is 5.81. The number of alkyl carbamates (subject to hydrolysis) is 1. The average Bonchev–Trinajstić information content (AvgIpc) is 2.42. The molecule has 5 nitrogen and oxygen atoms in total. The van der Waals surface area contributed by atoms with Gasteiger partial charge in [-0.05, 0) is 39.3 Å². The van der Waals surface area contributed by atoms with Gasteiger partial charge in [0, 0.05) is 0 Å². The van der Waals surface area contributed by atoms with Crippen LogP contribution in [0.2, 0.25) is 0 Å². The minimum Gasteiger partial charge on any atom is -0.460 e. The molecule has 0 aromatic heterocycles. The highest BCUT2D eigenvalue weighted by Gasteiger charge is 2.21. The first kappa shape index (κ1) is 17.8. The van der Waals surface area contributed by atoms with E-state index in [0.717, 1.165) is 5.56 Å². The number of hydrogen-bond acceptors (Lipinski definition) is 4. The van der Waals surface area contributed by atoms with Crippen molar-refractivity contribution in [1.82, 2.24) is 5.32 Å². The summed E-state index contributed by atoms with van der Waals surface area (Å²) in [5.41, 5.74) is 0.421. The molecule has 0 aliphatic carbocycles. The molecule has 0 saturated heterocycles. The molecule has 0 radical (unpaired) electrons. The van der Waals surface area contributed by atoms with Crippen LogP contribution in [0.1, 0.15) is 33.3 Å². The predicted octanol–water partition coefficient (Wildman–Crippen LogP) is 3.16. The van der Waals surface area contributed by atoms with E-state index in [1.54, 1.807) is 33.8 Å². The Labute approximate surface area is 131 Å². The topological polar surface area (TPSA) is 64.6 Å². The summed E-state index contributed by atoms with van der Waals surface area (Å²) >= 11 is 0. The Hall–Kier alpha value is -2.30. The SMILES string of the molecule is CC(NC(=O)OC(C)(C)C)C(=O)OC/C=C/c1ccccc1. The number of rotatable bonds is 5. The Bertz CT molecular complexity index is 517. The molecule has 0 bridgehead atoms. The fraction of sp³-hybridized carbons (Fsp3) is 0.412. The predicted molar refractivity (Wildman–Crippen MR) is 85.3 cm³/mol. The van der Waals surface area contributed by atoms with Crippen LogP contribution in [0.4, 0.5) is 4.79 Å². The molecule has 1 rings (SSSR count). The second-order valence-corrected chi connectivity index (χ2v) is 5.81. The molecule has 0 heterocycles. The number of carbonyl (C=O) groups excluding carboxylic acids is 2. The Balaban J connectivity index is 2.32. The van der Waals surface area contributed by atoms with Gasteiger partial charge in [-0.2, -0.15) is 0 Å². The van der Waals surface area contributed by atoms with Crippen LogP contribution in [0.25, 0.3) is 6.08 Å². The lowest BCUT2D eigenvalue weighted by Gasteiger charge is -2.21. The summed E-state index contributed by atoms with van der Waals surface area (Å²) in [5.74, 6) is -0.511. The smallest absolute Gasteiger partial charge is 0.408 e. The zero-order valence-corrected chi connectivity index (χ0v) is 13.5. The van der Waals surface area contributed by atoms with Crippen molar-refractivity contribution in [3.8, 4) is 0 Å². The number of ether oxygens (including phenoxy) is 2. The van der Waals surface area contributed by atoms with Gasteiger partial charge in [-0.1, -0.05) is 36.4 Å². The van der Waals surface area contributed by atoms with Gasteiger partial charge < -0.3 is 14.8 Å². The van der Waals surface area contributed by atoms with E-state index in [-0.39, 0.29) is 6.61 Å². The van der Waals surface area contributed by atoms with E-state index in [4.69, 9.17) is 9.47 Å². The summed E-state index contributed by atoms with van der Waals surface area (Å²) in [6, 6.07) is 8.92. The Kier molecular flexibility index (Phi) is 6.63. The minimum absolute atomic E-state index is 0.147. The maximum absolute atomic E-state index is 11.7. The molecule has 5 heteroatoms. The summed E-state index contributed by atoms with van der Waals surface area (Å²) in [6.07, 6.45) is 2.96. The van der Waals surface area contributed by atoms with Gasteiger partial charge in [0.1, 0.15) is 18.2 Å². The molecular weight excluding hydrogens is 282 g/mol. The third-order valence-corrected chi connectivity index (χ3v) is 2.52. The molecule has 1 N–H and O–H groups in total. The van der Waals surface area contributed by atoms with Crippen LogP contribution in [0.5, 0.6) is 0 Å². The van der Waals surface area contributed by atoms with E-state index >= 15 is 0 Å². The molecule has 0 spiro atoms. The van der Waals surface area contributed by atoms with Gasteiger partial charge in [-0.3, -0.25) is 0 Å². The summed E-state index contributed by atoms with van der Waals surface area (Å²) in [4.78, 5) is 23.3. The first-order chi connectivity index (χ1) is 10.3. The van der Waals surface area contributed by atoms with E-state index in [0.29, 0.717) is 0 Å². The highest BCUT2D eigenvalue weighted by Crippen LogP contribution is 2.07. The minimum atomic E-state index is -0.764. The van der Waals surface area contributed by atoms with Crippen LogP contribution in [-0.2, 0) is 14.3 Å². The fourth-order valence-electron chi connectivity index (χ4n) is 1.55. The summed E-state index contributed by atoms with van der Waals surface area (Å²) in [5, 5.41) is 2.44. The molecule has 0 aliphatic heterocycles. The molecule has 1 amide bonds. The number of benzene rings is 1. The largest absolute Gasteiger partial charge is 0.460 e. The van der Waals surface area contributed by atoms with Crippen molar-refractivity contribution in [2.24, 2.45) is 0 Å². The lowest BCUT2D eigenvalue weighted by Crippen LogP contribution is -2.42. The van der Waals surface area contributed by atoms with Gasteiger partial charge in [-0.25, -0.2) is 9.59 Å². The van der Waals surface area contributed by atoms with Crippen LogP contribution in [0.3, 0.4) is 0 Å². The van der Waals surface area contributed by atoms with Crippen LogP contribution in [0, 0.1) is 0 Å². The van der Waals surface area contributed by atoms with Gasteiger partial charge in [-0.15, -0.1) is 0 Å². The first-order valence-electron chi connectivity index (χ1n) is 7.15. The van der Waals surface area contributed by atoms with Gasteiger partial charge >= 0.3 is 12.1 Å². The maximum Gasteiger partial charge on any atom is 0.408 e. The van der Waals surface area contributed by atoms with Crippen molar-refractivity contribution < 1.29 is 19.1 Å². The average molecular weight is 305 g/mol. The highest BCUT2D eigenvalue weighted by atomic mass is 16.6. The number of hydrogen-bond donors (Lipinski definition) is 1. The van der Waals surface area contributed by atoms with E-state index in [9.17, 15) is 9.59 Å². The van der Waals surface area contributed by atoms with E-state index in [2.05, 4.69) is 5.32 Å². The molecule has 22 heavy (non-hydrogen) atoms. The van der Waals surface area contributed by atoms with Crippen LogP contribution in [0.15, 0.2) is 36.4 Å². The van der Waals surface area contributed by atoms with Gasteiger partial charge in [0.2, 0.25) is 0 Å². The molecule has 120 valence electrons. The summed E-state index contributed by atoms with van der Waals surface area (Å²) in [7, 11) is 0. The van der Waals surface area contributed by atoms with Crippen LogP contribution < -0.4 is 5.32 Å². The Morgan fingerprint density at radius 1 is 1.23 bits per heavy atom. The summed E-state index contributed by atoms with van der Waals surface area (Å²) < 4.78 is 10.1. The van der Waals surface area contributed by atoms with Crippen LogP contribution >= 0.6 is 0 Å². The quantitative estimate of drug-likeness (QED) is 0.849. The first-order valence-corrected chi connectivity index (χ1v) is 7.15. The number of nitrogens with one attached hydrogen (secondary N) is 1. The van der Waals surface area contributed by atoms with Crippen molar-refractivity contribution in [3.05, 3.63) is 42.0 Å². The molecule has 1 unspecified atom stereocenters. The van der Waals surface area contributed by atoms with E-state index in [1.165, 1.54) is 0 Å². The molecule has 1 aromatic carbocycles. The molecular formula is C17H23NO4. The monoisotopic (exact) mass is 305 g/mol. The zero-order chi connectivity index (χ0) is 16.6. The Morgan fingerprint density at radius 3 is 2.45 bits per heavy atom. The van der Waals surface area contributed by atoms with Crippen molar-refractivity contribution in [2.45, 2.75) is 39.3 Å². The number of carbonyl (C=O) groups is 2. The second kappa shape index (κ2) is 8.22. The number of amides is 1.